The van der Waals surface area contributed by atoms with Gasteiger partial charge in [0.05, 0.1) is 14.2 Å². The van der Waals surface area contributed by atoms with Gasteiger partial charge in [0.2, 0.25) is 0 Å². The highest BCUT2D eigenvalue weighted by Gasteiger charge is 2.33. The number of imide groups is 1. The molecule has 0 saturated carbocycles. The third kappa shape index (κ3) is 3.88. The highest BCUT2D eigenvalue weighted by molar-refractivity contribution is 7.99. The van der Waals surface area contributed by atoms with E-state index < -0.39 is 0 Å². The van der Waals surface area contributed by atoms with E-state index in [9.17, 15) is 9.59 Å². The van der Waals surface area contributed by atoms with Crippen molar-refractivity contribution in [3.8, 4) is 11.5 Å². The Bertz CT molecular complexity index is 1380. The van der Waals surface area contributed by atoms with Gasteiger partial charge in [0.1, 0.15) is 5.03 Å². The molecular formula is C27H22N2O4S. The Hall–Kier alpha value is -3.84. The van der Waals surface area contributed by atoms with Crippen LogP contribution in [0, 0.1) is 0 Å². The number of ether oxygens (including phenoxy) is 2. The zero-order chi connectivity index (χ0) is 23.7. The van der Waals surface area contributed by atoms with Crippen molar-refractivity contribution in [3.05, 3.63) is 89.6 Å². The van der Waals surface area contributed by atoms with Crippen LogP contribution in [0.25, 0.3) is 10.8 Å². The Morgan fingerprint density at radius 2 is 1.65 bits per heavy atom. The molecule has 0 aliphatic carbocycles. The SMILES string of the molecule is COc1ccc(CCN2C(=O)c3cccc4c(Sc5ccccn5)ccc(c34)C2=O)cc1OC. The van der Waals surface area contributed by atoms with Gasteiger partial charge in [-0.05, 0) is 59.8 Å². The normalized spacial score (nSPS) is 12.8. The van der Waals surface area contributed by atoms with Gasteiger partial charge in [-0.1, -0.05) is 36.0 Å². The molecule has 170 valence electrons. The molecule has 5 rings (SSSR count). The smallest absolute Gasteiger partial charge is 0.261 e. The molecule has 2 heterocycles. The van der Waals surface area contributed by atoms with Crippen LogP contribution < -0.4 is 9.47 Å². The predicted octanol–water partition coefficient (Wildman–Crippen LogP) is 5.24. The summed E-state index contributed by atoms with van der Waals surface area (Å²) < 4.78 is 10.7. The Balaban J connectivity index is 1.45. The average molecular weight is 471 g/mol. The van der Waals surface area contributed by atoms with E-state index in [1.807, 2.05) is 60.7 Å². The number of pyridine rings is 1. The molecule has 6 nitrogen and oxygen atoms in total. The zero-order valence-electron chi connectivity index (χ0n) is 18.8. The second-order valence-corrected chi connectivity index (χ2v) is 8.87. The van der Waals surface area contributed by atoms with E-state index in [0.717, 1.165) is 20.9 Å². The van der Waals surface area contributed by atoms with E-state index in [4.69, 9.17) is 9.47 Å². The van der Waals surface area contributed by atoms with E-state index in [-0.39, 0.29) is 18.4 Å². The largest absolute Gasteiger partial charge is 0.493 e. The van der Waals surface area contributed by atoms with Crippen LogP contribution in [0.1, 0.15) is 26.3 Å². The van der Waals surface area contributed by atoms with Crippen molar-refractivity contribution in [2.75, 3.05) is 20.8 Å². The minimum atomic E-state index is -0.274. The van der Waals surface area contributed by atoms with Gasteiger partial charge < -0.3 is 9.47 Å². The van der Waals surface area contributed by atoms with Gasteiger partial charge >= 0.3 is 0 Å². The maximum Gasteiger partial charge on any atom is 0.261 e. The molecule has 1 aromatic heterocycles. The molecule has 0 fully saturated rings. The lowest BCUT2D eigenvalue weighted by molar-refractivity contribution is 0.0612. The van der Waals surface area contributed by atoms with E-state index in [1.165, 1.54) is 16.7 Å². The Kier molecular flexibility index (Phi) is 5.94. The van der Waals surface area contributed by atoms with E-state index in [1.54, 1.807) is 26.5 Å². The first-order chi connectivity index (χ1) is 16.6. The number of rotatable bonds is 7. The molecule has 3 aromatic carbocycles. The summed E-state index contributed by atoms with van der Waals surface area (Å²) in [6.07, 6.45) is 2.26. The molecule has 0 saturated heterocycles. The van der Waals surface area contributed by atoms with E-state index in [2.05, 4.69) is 4.98 Å². The van der Waals surface area contributed by atoms with Gasteiger partial charge in [0.15, 0.2) is 11.5 Å². The van der Waals surface area contributed by atoms with E-state index in [0.29, 0.717) is 34.4 Å². The molecule has 7 heteroatoms. The van der Waals surface area contributed by atoms with Crippen LogP contribution >= 0.6 is 11.8 Å². The van der Waals surface area contributed by atoms with Crippen LogP contribution in [0.4, 0.5) is 0 Å². The molecule has 1 aliphatic heterocycles. The standard InChI is InChI=1S/C27H22N2O4S/c1-32-21-11-9-17(16-22(21)33-2)13-15-29-26(30)19-7-5-6-18-23(34-24-8-3-4-14-28-24)12-10-20(25(18)19)27(29)31/h3-12,14,16H,13,15H2,1-2H3. The summed E-state index contributed by atoms with van der Waals surface area (Å²) in [6, 6.07) is 20.7. The number of nitrogens with zero attached hydrogens (tertiary/aromatic N) is 2. The second-order valence-electron chi connectivity index (χ2n) is 7.81. The van der Waals surface area contributed by atoms with Gasteiger partial charge in [-0.25, -0.2) is 4.98 Å². The summed E-state index contributed by atoms with van der Waals surface area (Å²) in [4.78, 5) is 33.4. The van der Waals surface area contributed by atoms with Gasteiger partial charge in [0, 0.05) is 34.2 Å². The first-order valence-corrected chi connectivity index (χ1v) is 11.6. The van der Waals surface area contributed by atoms with Gasteiger partial charge in [-0.2, -0.15) is 0 Å². The zero-order valence-corrected chi connectivity index (χ0v) is 19.6. The molecule has 0 radical (unpaired) electrons. The van der Waals surface area contributed by atoms with Crippen LogP contribution in [0.2, 0.25) is 0 Å². The summed E-state index contributed by atoms with van der Waals surface area (Å²) in [5.74, 6) is 0.702. The third-order valence-electron chi connectivity index (χ3n) is 5.88. The number of hydrogen-bond donors (Lipinski definition) is 0. The number of amides is 2. The Labute approximate surface area is 201 Å². The van der Waals surface area contributed by atoms with Crippen LogP contribution in [0.3, 0.4) is 0 Å². The van der Waals surface area contributed by atoms with Crippen molar-refractivity contribution < 1.29 is 19.1 Å². The van der Waals surface area contributed by atoms with Crippen LogP contribution in [-0.4, -0.2) is 42.5 Å². The molecule has 34 heavy (non-hydrogen) atoms. The van der Waals surface area contributed by atoms with Gasteiger partial charge in [-0.3, -0.25) is 14.5 Å². The third-order valence-corrected chi connectivity index (χ3v) is 6.90. The van der Waals surface area contributed by atoms with Crippen molar-refractivity contribution in [2.24, 2.45) is 0 Å². The predicted molar refractivity (Wildman–Crippen MR) is 131 cm³/mol. The fourth-order valence-electron chi connectivity index (χ4n) is 4.21. The van der Waals surface area contributed by atoms with Crippen LogP contribution in [0.15, 0.2) is 82.8 Å². The monoisotopic (exact) mass is 470 g/mol. The molecule has 2 amide bonds. The molecule has 0 spiro atoms. The van der Waals surface area contributed by atoms with Crippen molar-refractivity contribution in [3.63, 3.8) is 0 Å². The summed E-state index contributed by atoms with van der Waals surface area (Å²) in [6.45, 7) is 0.271. The molecule has 0 atom stereocenters. The van der Waals surface area contributed by atoms with Crippen molar-refractivity contribution in [2.45, 2.75) is 16.3 Å². The highest BCUT2D eigenvalue weighted by atomic mass is 32.2. The fourth-order valence-corrected chi connectivity index (χ4v) is 5.11. The first kappa shape index (κ1) is 22.0. The van der Waals surface area contributed by atoms with Crippen molar-refractivity contribution in [1.82, 2.24) is 9.88 Å². The first-order valence-electron chi connectivity index (χ1n) is 10.8. The topological polar surface area (TPSA) is 68.7 Å². The number of hydrogen-bond acceptors (Lipinski definition) is 6. The van der Waals surface area contributed by atoms with Crippen molar-refractivity contribution >= 4 is 34.3 Å². The van der Waals surface area contributed by atoms with Gasteiger partial charge in [-0.15, -0.1) is 0 Å². The number of methoxy groups -OCH3 is 2. The lowest BCUT2D eigenvalue weighted by Crippen LogP contribution is -2.41. The minimum Gasteiger partial charge on any atom is -0.493 e. The summed E-state index contributed by atoms with van der Waals surface area (Å²) in [5.41, 5.74) is 2.04. The Morgan fingerprint density at radius 1 is 0.853 bits per heavy atom. The Morgan fingerprint density at radius 3 is 2.38 bits per heavy atom. The number of carbonyl (C=O) groups is 2. The second kappa shape index (κ2) is 9.19. The molecule has 4 aromatic rings. The van der Waals surface area contributed by atoms with E-state index >= 15 is 0 Å². The maximum absolute atomic E-state index is 13.4. The number of aromatic nitrogens is 1. The lowest BCUT2D eigenvalue weighted by Gasteiger charge is -2.28. The summed E-state index contributed by atoms with van der Waals surface area (Å²) in [7, 11) is 3.16. The number of carbonyl (C=O) groups excluding carboxylic acids is 2. The van der Waals surface area contributed by atoms with Crippen LogP contribution in [0.5, 0.6) is 11.5 Å². The fraction of sp³-hybridized carbons (Fsp3) is 0.148. The van der Waals surface area contributed by atoms with Crippen LogP contribution in [-0.2, 0) is 6.42 Å². The number of benzene rings is 3. The maximum atomic E-state index is 13.4. The average Bonchev–Trinajstić information content (AvgIpc) is 2.88. The molecule has 0 N–H and O–H groups in total. The van der Waals surface area contributed by atoms with Crippen molar-refractivity contribution in [1.29, 1.82) is 0 Å². The molecule has 0 unspecified atom stereocenters. The van der Waals surface area contributed by atoms with Gasteiger partial charge in [0.25, 0.3) is 11.8 Å². The summed E-state index contributed by atoms with van der Waals surface area (Å²) in [5, 5.41) is 2.45. The summed E-state index contributed by atoms with van der Waals surface area (Å²) >= 11 is 1.52. The minimum absolute atomic E-state index is 0.271. The lowest BCUT2D eigenvalue weighted by atomic mass is 9.93. The molecule has 0 bridgehead atoms. The molecular weight excluding hydrogens is 448 g/mol. The molecule has 1 aliphatic rings. The quantitative estimate of drug-likeness (QED) is 0.344. The highest BCUT2D eigenvalue weighted by Crippen LogP contribution is 2.38.